The van der Waals surface area contributed by atoms with Crippen LogP contribution in [0.2, 0.25) is 0 Å². The Morgan fingerprint density at radius 3 is 2.32 bits per heavy atom. The van der Waals surface area contributed by atoms with E-state index in [-0.39, 0.29) is 36.2 Å². The molecule has 3 N–H and O–H groups in total. The lowest BCUT2D eigenvalue weighted by Gasteiger charge is -2.23. The molecule has 0 aliphatic rings. The molecule has 0 fully saturated rings. The summed E-state index contributed by atoms with van der Waals surface area (Å²) in [6, 6.07) is 14.1. The van der Waals surface area contributed by atoms with E-state index in [1.54, 1.807) is 4.90 Å². The lowest BCUT2D eigenvalue weighted by atomic mass is 10.2. The van der Waals surface area contributed by atoms with Crippen LogP contribution in [-0.2, 0) is 21.4 Å². The molecule has 0 bridgehead atoms. The van der Waals surface area contributed by atoms with Gasteiger partial charge in [-0.05, 0) is 42.8 Å². The summed E-state index contributed by atoms with van der Waals surface area (Å²) in [6.45, 7) is 1.39. The molecule has 2 aromatic carbocycles. The molecule has 2 rings (SSSR count). The monoisotopic (exact) mass is 429 g/mol. The molecule has 154 valence electrons. The highest BCUT2D eigenvalue weighted by Gasteiger charge is 2.17. The fourth-order valence-electron chi connectivity index (χ4n) is 2.53. The lowest BCUT2D eigenvalue weighted by molar-refractivity contribution is -0.131. The molecule has 6 nitrogen and oxygen atoms in total. The normalized spacial score (nSPS) is 10.9. The van der Waals surface area contributed by atoms with E-state index in [4.69, 9.17) is 5.73 Å². The van der Waals surface area contributed by atoms with E-state index in [0.717, 1.165) is 17.7 Å². The molecule has 0 saturated carbocycles. The van der Waals surface area contributed by atoms with E-state index in [2.05, 4.69) is 4.72 Å². The first-order chi connectivity index (χ1) is 12.9. The summed E-state index contributed by atoms with van der Waals surface area (Å²) in [5, 5.41) is 0. The third-order valence-corrected chi connectivity index (χ3v) is 5.43. The van der Waals surface area contributed by atoms with Crippen LogP contribution in [-0.4, -0.2) is 38.9 Å². The number of benzene rings is 2. The van der Waals surface area contributed by atoms with Gasteiger partial charge in [0.15, 0.2) is 0 Å². The quantitative estimate of drug-likeness (QED) is 0.606. The maximum Gasteiger partial charge on any atom is 0.240 e. The number of hydrogen-bond donors (Lipinski definition) is 2. The Bertz CT molecular complexity index is 833. The number of rotatable bonds is 10. The first-order valence-corrected chi connectivity index (χ1v) is 10.2. The van der Waals surface area contributed by atoms with Gasteiger partial charge >= 0.3 is 0 Å². The van der Waals surface area contributed by atoms with Crippen LogP contribution in [0.25, 0.3) is 0 Å². The molecule has 9 heteroatoms. The Morgan fingerprint density at radius 2 is 1.71 bits per heavy atom. The van der Waals surface area contributed by atoms with Crippen LogP contribution in [0.3, 0.4) is 0 Å². The maximum absolute atomic E-state index is 12.9. The van der Waals surface area contributed by atoms with Gasteiger partial charge in [0.1, 0.15) is 5.82 Å². The largest absolute Gasteiger partial charge is 0.338 e. The number of nitrogens with zero attached hydrogens (tertiary/aromatic N) is 1. The van der Waals surface area contributed by atoms with Gasteiger partial charge in [-0.25, -0.2) is 17.5 Å². The third kappa shape index (κ3) is 7.55. The second kappa shape index (κ2) is 11.8. The molecule has 0 radical (unpaired) electrons. The summed E-state index contributed by atoms with van der Waals surface area (Å²) in [6.07, 6.45) is 0.692. The summed E-state index contributed by atoms with van der Waals surface area (Å²) in [7, 11) is -3.78. The average Bonchev–Trinajstić information content (AvgIpc) is 2.66. The fraction of sp³-hybridized carbons (Fsp3) is 0.316. The predicted octanol–water partition coefficient (Wildman–Crippen LogP) is 2.29. The number of carbonyl (C=O) groups is 1. The minimum Gasteiger partial charge on any atom is -0.338 e. The summed E-state index contributed by atoms with van der Waals surface area (Å²) < 4.78 is 39.7. The second-order valence-electron chi connectivity index (χ2n) is 6.04. The van der Waals surface area contributed by atoms with Gasteiger partial charge in [0, 0.05) is 26.1 Å². The highest BCUT2D eigenvalue weighted by molar-refractivity contribution is 7.89. The molecule has 1 amide bonds. The molecule has 0 atom stereocenters. The van der Waals surface area contributed by atoms with E-state index < -0.39 is 15.8 Å². The number of nitrogens with one attached hydrogen (secondary N) is 1. The van der Waals surface area contributed by atoms with Crippen molar-refractivity contribution >= 4 is 28.3 Å². The van der Waals surface area contributed by atoms with Gasteiger partial charge in [-0.3, -0.25) is 4.79 Å². The van der Waals surface area contributed by atoms with Crippen LogP contribution < -0.4 is 10.5 Å². The van der Waals surface area contributed by atoms with Crippen molar-refractivity contribution in [3.8, 4) is 0 Å². The molecule has 0 heterocycles. The van der Waals surface area contributed by atoms with Crippen LogP contribution in [0.5, 0.6) is 0 Å². The number of halogens is 2. The molecule has 0 spiro atoms. The highest BCUT2D eigenvalue weighted by atomic mass is 35.5. The van der Waals surface area contributed by atoms with Crippen molar-refractivity contribution in [3.63, 3.8) is 0 Å². The summed E-state index contributed by atoms with van der Waals surface area (Å²) in [5.41, 5.74) is 6.54. The Kier molecular flexibility index (Phi) is 10.1. The highest BCUT2D eigenvalue weighted by Crippen LogP contribution is 2.10. The van der Waals surface area contributed by atoms with Crippen LogP contribution in [0.15, 0.2) is 59.5 Å². The predicted molar refractivity (Wildman–Crippen MR) is 109 cm³/mol. The van der Waals surface area contributed by atoms with Gasteiger partial charge in [-0.1, -0.05) is 30.3 Å². The second-order valence-corrected chi connectivity index (χ2v) is 7.81. The van der Waals surface area contributed by atoms with Crippen molar-refractivity contribution in [2.75, 3.05) is 19.6 Å². The van der Waals surface area contributed by atoms with Crippen LogP contribution >= 0.6 is 12.4 Å². The SMILES string of the molecule is Cl.NCCCN(Cc1ccccc1)C(=O)CCNS(=O)(=O)c1ccc(F)cc1. The number of hydrogen-bond acceptors (Lipinski definition) is 4. The van der Waals surface area contributed by atoms with Gasteiger partial charge in [-0.2, -0.15) is 0 Å². The Labute approximate surface area is 171 Å². The van der Waals surface area contributed by atoms with Gasteiger partial charge in [0.25, 0.3) is 0 Å². The van der Waals surface area contributed by atoms with Crippen LogP contribution in [0, 0.1) is 5.82 Å². The zero-order valence-corrected chi connectivity index (χ0v) is 17.0. The van der Waals surface area contributed by atoms with E-state index in [0.29, 0.717) is 26.1 Å². The molecule has 0 aliphatic carbocycles. The van der Waals surface area contributed by atoms with Crippen LogP contribution in [0.4, 0.5) is 4.39 Å². The van der Waals surface area contributed by atoms with Gasteiger partial charge in [-0.15, -0.1) is 12.4 Å². The van der Waals surface area contributed by atoms with Gasteiger partial charge in [0.2, 0.25) is 15.9 Å². The van der Waals surface area contributed by atoms with Crippen LogP contribution in [0.1, 0.15) is 18.4 Å². The zero-order chi connectivity index (χ0) is 19.7. The van der Waals surface area contributed by atoms with Gasteiger partial charge < -0.3 is 10.6 Å². The minimum atomic E-state index is -3.78. The fourth-order valence-corrected chi connectivity index (χ4v) is 3.56. The van der Waals surface area contributed by atoms with Crippen molar-refractivity contribution < 1.29 is 17.6 Å². The average molecular weight is 430 g/mol. The number of carbonyl (C=O) groups excluding carboxylic acids is 1. The first kappa shape index (κ1) is 24.0. The smallest absolute Gasteiger partial charge is 0.240 e. The van der Waals surface area contributed by atoms with Crippen molar-refractivity contribution in [2.45, 2.75) is 24.3 Å². The number of sulfonamides is 1. The first-order valence-electron chi connectivity index (χ1n) is 8.69. The standard InChI is InChI=1S/C19H24FN3O3S.ClH/c20-17-7-9-18(10-8-17)27(25,26)22-13-11-19(24)23(14-4-12-21)15-16-5-2-1-3-6-16;/h1-3,5-10,22H,4,11-15,21H2;1H. The molecule has 0 aliphatic heterocycles. The summed E-state index contributed by atoms with van der Waals surface area (Å²) >= 11 is 0. The molecule has 2 aromatic rings. The van der Waals surface area contributed by atoms with Crippen molar-refractivity contribution in [1.82, 2.24) is 9.62 Å². The molecule has 28 heavy (non-hydrogen) atoms. The van der Waals surface area contributed by atoms with Crippen molar-refractivity contribution in [3.05, 3.63) is 66.0 Å². The molecule has 0 unspecified atom stereocenters. The van der Waals surface area contributed by atoms with E-state index in [9.17, 15) is 17.6 Å². The Hall–Kier alpha value is -2.00. The molecular weight excluding hydrogens is 405 g/mol. The van der Waals surface area contributed by atoms with Crippen molar-refractivity contribution in [1.29, 1.82) is 0 Å². The number of nitrogens with two attached hydrogens (primary N) is 1. The summed E-state index contributed by atoms with van der Waals surface area (Å²) in [5.74, 6) is -0.672. The Morgan fingerprint density at radius 1 is 1.07 bits per heavy atom. The summed E-state index contributed by atoms with van der Waals surface area (Å²) in [4.78, 5) is 14.2. The van der Waals surface area contributed by atoms with Crippen molar-refractivity contribution in [2.24, 2.45) is 5.73 Å². The molecule has 0 aromatic heterocycles. The number of amides is 1. The molecular formula is C19H25ClFN3O3S. The Balaban J connectivity index is 0.00000392. The van der Waals surface area contributed by atoms with E-state index >= 15 is 0 Å². The molecule has 0 saturated heterocycles. The third-order valence-electron chi connectivity index (χ3n) is 3.96. The lowest BCUT2D eigenvalue weighted by Crippen LogP contribution is -2.35. The van der Waals surface area contributed by atoms with E-state index in [1.165, 1.54) is 12.1 Å². The topological polar surface area (TPSA) is 92.5 Å². The zero-order valence-electron chi connectivity index (χ0n) is 15.4. The van der Waals surface area contributed by atoms with Gasteiger partial charge in [0.05, 0.1) is 4.90 Å². The van der Waals surface area contributed by atoms with E-state index in [1.807, 2.05) is 30.3 Å². The minimum absolute atomic E-state index is 0. The maximum atomic E-state index is 12.9.